The van der Waals surface area contributed by atoms with E-state index in [1.165, 1.54) is 19.3 Å². The molecule has 5 heterocycles. The molecule has 3 N–H and O–H groups in total. The molecule has 7 heteroatoms. The maximum atomic E-state index is 4.65. The molecule has 0 atom stereocenters. The topological polar surface area (TPSA) is 95.2 Å². The van der Waals surface area contributed by atoms with Crippen LogP contribution in [0.25, 0.3) is 55.6 Å². The third kappa shape index (κ3) is 3.85. The molecule has 6 aromatic rings. The van der Waals surface area contributed by atoms with Crippen molar-refractivity contribution < 1.29 is 0 Å². The van der Waals surface area contributed by atoms with E-state index in [-0.39, 0.29) is 0 Å². The van der Waals surface area contributed by atoms with Crippen LogP contribution in [-0.4, -0.2) is 30.1 Å². The zero-order valence-corrected chi connectivity index (χ0v) is 20.2. The average molecular weight is 484 g/mol. The van der Waals surface area contributed by atoms with Gasteiger partial charge in [0.1, 0.15) is 11.3 Å². The molecule has 0 aliphatic heterocycles. The van der Waals surface area contributed by atoms with Crippen LogP contribution in [0.2, 0.25) is 0 Å². The van der Waals surface area contributed by atoms with Crippen LogP contribution >= 0.6 is 0 Å². The second-order valence-corrected chi connectivity index (χ2v) is 9.62. The van der Waals surface area contributed by atoms with Gasteiger partial charge in [-0.25, -0.2) is 4.98 Å². The smallest absolute Gasteiger partial charge is 0.138 e. The molecule has 5 aromatic heterocycles. The summed E-state index contributed by atoms with van der Waals surface area (Å²) in [4.78, 5) is 16.8. The van der Waals surface area contributed by atoms with Gasteiger partial charge in [-0.1, -0.05) is 25.1 Å². The van der Waals surface area contributed by atoms with Crippen LogP contribution in [0, 0.1) is 5.92 Å². The van der Waals surface area contributed by atoms with Gasteiger partial charge in [-0.15, -0.1) is 0 Å². The van der Waals surface area contributed by atoms with Crippen molar-refractivity contribution in [3.63, 3.8) is 0 Å². The predicted molar refractivity (Wildman–Crippen MR) is 148 cm³/mol. The fraction of sp³-hybridized carbons (Fsp3) is 0.133. The van der Waals surface area contributed by atoms with E-state index in [2.05, 4.69) is 78.4 Å². The molecule has 1 saturated carbocycles. The first-order valence-corrected chi connectivity index (χ1v) is 12.5. The lowest BCUT2D eigenvalue weighted by atomic mass is 9.83. The fourth-order valence-corrected chi connectivity index (χ4v) is 5.04. The van der Waals surface area contributed by atoms with Gasteiger partial charge in [-0.2, -0.15) is 5.10 Å². The third-order valence-electron chi connectivity index (χ3n) is 7.30. The number of pyridine rings is 3. The van der Waals surface area contributed by atoms with Crippen molar-refractivity contribution in [1.29, 1.82) is 0 Å². The molecule has 1 aliphatic rings. The Morgan fingerprint density at radius 2 is 1.81 bits per heavy atom. The number of benzene rings is 1. The molecule has 7 nitrogen and oxygen atoms in total. The average Bonchev–Trinajstić information content (AvgIpc) is 3.52. The van der Waals surface area contributed by atoms with Gasteiger partial charge in [-0.3, -0.25) is 15.1 Å². The molecular weight excluding hydrogens is 458 g/mol. The molecule has 1 aromatic carbocycles. The summed E-state index contributed by atoms with van der Waals surface area (Å²) in [6.07, 6.45) is 12.9. The van der Waals surface area contributed by atoms with Crippen LogP contribution in [0.4, 0.5) is 5.69 Å². The molecule has 1 aliphatic carbocycles. The van der Waals surface area contributed by atoms with Crippen LogP contribution in [0.5, 0.6) is 0 Å². The second kappa shape index (κ2) is 8.71. The predicted octanol–water partition coefficient (Wildman–Crippen LogP) is 6.96. The monoisotopic (exact) mass is 483 g/mol. The van der Waals surface area contributed by atoms with E-state index in [9.17, 15) is 0 Å². The summed E-state index contributed by atoms with van der Waals surface area (Å²) in [5, 5.41) is 13.4. The number of allylic oxidation sites excluding steroid dienone is 1. The largest absolute Gasteiger partial charge is 0.358 e. The molecule has 0 radical (unpaired) electrons. The minimum atomic E-state index is 0.568. The first kappa shape index (κ1) is 21.5. The molecule has 7 rings (SSSR count). The molecule has 0 saturated heterocycles. The Labute approximate surface area is 213 Å². The van der Waals surface area contributed by atoms with E-state index < -0.39 is 0 Å². The number of hydrogen-bond acceptors (Lipinski definition) is 5. The molecule has 0 bridgehead atoms. The summed E-state index contributed by atoms with van der Waals surface area (Å²) in [6.45, 7) is 4.23. The van der Waals surface area contributed by atoms with Crippen molar-refractivity contribution in [1.82, 2.24) is 30.1 Å². The highest BCUT2D eigenvalue weighted by Crippen LogP contribution is 2.36. The van der Waals surface area contributed by atoms with Crippen molar-refractivity contribution in [2.45, 2.75) is 19.3 Å². The Morgan fingerprint density at radius 1 is 0.892 bits per heavy atom. The summed E-state index contributed by atoms with van der Waals surface area (Å²) in [5.41, 5.74) is 9.85. The fourth-order valence-electron chi connectivity index (χ4n) is 5.04. The molecule has 37 heavy (non-hydrogen) atoms. The van der Waals surface area contributed by atoms with Crippen LogP contribution in [0.1, 0.15) is 19.3 Å². The maximum Gasteiger partial charge on any atom is 0.138 e. The van der Waals surface area contributed by atoms with Gasteiger partial charge in [0.05, 0.1) is 23.1 Å². The number of anilines is 1. The van der Waals surface area contributed by atoms with Gasteiger partial charge in [0, 0.05) is 52.4 Å². The van der Waals surface area contributed by atoms with Crippen LogP contribution in [-0.2, 0) is 0 Å². The van der Waals surface area contributed by atoms with Crippen molar-refractivity contribution >= 4 is 27.6 Å². The number of hydrogen-bond donors (Lipinski definition) is 3. The Morgan fingerprint density at radius 3 is 2.65 bits per heavy atom. The minimum Gasteiger partial charge on any atom is -0.358 e. The third-order valence-corrected chi connectivity index (χ3v) is 7.30. The van der Waals surface area contributed by atoms with Gasteiger partial charge >= 0.3 is 0 Å². The van der Waals surface area contributed by atoms with Crippen molar-refractivity contribution in [2.24, 2.45) is 5.92 Å². The number of nitrogens with one attached hydrogen (secondary N) is 3. The Kier molecular flexibility index (Phi) is 5.06. The normalized spacial score (nSPS) is 13.6. The van der Waals surface area contributed by atoms with Gasteiger partial charge in [0.15, 0.2) is 0 Å². The molecule has 1 fully saturated rings. The lowest BCUT2D eigenvalue weighted by molar-refractivity contribution is 0.371. The molecule has 0 amide bonds. The minimum absolute atomic E-state index is 0.568. The maximum absolute atomic E-state index is 4.65. The van der Waals surface area contributed by atoms with E-state index in [4.69, 9.17) is 0 Å². The molecule has 180 valence electrons. The van der Waals surface area contributed by atoms with E-state index in [1.54, 1.807) is 6.20 Å². The highest BCUT2D eigenvalue weighted by molar-refractivity contribution is 6.00. The standard InChI is InChI=1S/C30H25N7/c1-18(19-4-2-5-19)34-23-12-22(16-32-17-23)20-7-8-27-26(13-20)29(37-36-27)28-14-25-24(9-11-33-30(25)35-28)21-6-3-10-31-15-21/h3,6-17,19,34H,1-2,4-5H2,(H,33,35)(H,36,37). The SMILES string of the molecule is C=C(Nc1cncc(-c2ccc3[nH]nc(-c4cc5c(-c6cccnc6)ccnc5[nH]4)c3c2)c1)C1CCC1. The van der Waals surface area contributed by atoms with E-state index in [0.717, 1.165) is 67.0 Å². The van der Waals surface area contributed by atoms with Gasteiger partial charge < -0.3 is 10.3 Å². The zero-order chi connectivity index (χ0) is 24.8. The van der Waals surface area contributed by atoms with Crippen molar-refractivity contribution in [2.75, 3.05) is 5.32 Å². The second-order valence-electron chi connectivity index (χ2n) is 9.62. The van der Waals surface area contributed by atoms with Gasteiger partial charge in [-0.05, 0) is 66.3 Å². The van der Waals surface area contributed by atoms with Crippen LogP contribution in [0.3, 0.4) is 0 Å². The Balaban J connectivity index is 1.26. The van der Waals surface area contributed by atoms with E-state index in [0.29, 0.717) is 5.92 Å². The lowest BCUT2D eigenvalue weighted by Crippen LogP contribution is -2.18. The summed E-state index contributed by atoms with van der Waals surface area (Å²) >= 11 is 0. The summed E-state index contributed by atoms with van der Waals surface area (Å²) in [6, 6.07) is 16.6. The summed E-state index contributed by atoms with van der Waals surface area (Å²) in [5.74, 6) is 0.568. The van der Waals surface area contributed by atoms with Crippen molar-refractivity contribution in [3.05, 3.63) is 91.8 Å². The van der Waals surface area contributed by atoms with Crippen molar-refractivity contribution in [3.8, 4) is 33.6 Å². The van der Waals surface area contributed by atoms with Gasteiger partial charge in [0.25, 0.3) is 0 Å². The first-order chi connectivity index (χ1) is 18.2. The molecule has 0 unspecified atom stereocenters. The van der Waals surface area contributed by atoms with Crippen LogP contribution in [0.15, 0.2) is 91.8 Å². The summed E-state index contributed by atoms with van der Waals surface area (Å²) < 4.78 is 0. The first-order valence-electron chi connectivity index (χ1n) is 12.5. The number of nitrogens with zero attached hydrogens (tertiary/aromatic N) is 4. The Hall–Kier alpha value is -4.78. The number of fused-ring (bicyclic) bond motifs is 2. The van der Waals surface area contributed by atoms with Crippen LogP contribution < -0.4 is 5.32 Å². The van der Waals surface area contributed by atoms with Gasteiger partial charge in [0.2, 0.25) is 0 Å². The van der Waals surface area contributed by atoms with E-state index in [1.807, 2.05) is 36.9 Å². The molecule has 0 spiro atoms. The molecular formula is C30H25N7. The highest BCUT2D eigenvalue weighted by atomic mass is 15.1. The number of aromatic nitrogens is 6. The Bertz CT molecular complexity index is 1760. The number of aromatic amines is 2. The summed E-state index contributed by atoms with van der Waals surface area (Å²) in [7, 11) is 0. The number of rotatable bonds is 6. The van der Waals surface area contributed by atoms with E-state index >= 15 is 0 Å². The lowest BCUT2D eigenvalue weighted by Gasteiger charge is -2.28. The zero-order valence-electron chi connectivity index (χ0n) is 20.2. The highest BCUT2D eigenvalue weighted by Gasteiger charge is 2.20. The number of H-pyrrole nitrogens is 2. The quantitative estimate of drug-likeness (QED) is 0.238.